The minimum Gasteiger partial charge on any atom is -0.388 e. The summed E-state index contributed by atoms with van der Waals surface area (Å²) in [6, 6.07) is 1.33. The van der Waals surface area contributed by atoms with Crippen molar-refractivity contribution in [2.24, 2.45) is 0 Å². The third-order valence-corrected chi connectivity index (χ3v) is 2.50. The molecule has 0 aromatic carbocycles. The van der Waals surface area contributed by atoms with Gasteiger partial charge in [-0.25, -0.2) is 4.39 Å². The number of unbranched alkanes of at least 4 members (excludes halogenated alkanes) is 3. The first-order valence-corrected chi connectivity index (χ1v) is 5.63. The Morgan fingerprint density at radius 2 is 2.19 bits per heavy atom. The minimum atomic E-state index is -0.605. The van der Waals surface area contributed by atoms with E-state index in [1.807, 2.05) is 6.08 Å². The fourth-order valence-corrected chi connectivity index (χ4v) is 1.58. The van der Waals surface area contributed by atoms with Crippen LogP contribution in [0.5, 0.6) is 0 Å². The number of nitrogens with zero attached hydrogens (tertiary/aromatic N) is 1. The van der Waals surface area contributed by atoms with Crippen molar-refractivity contribution in [2.45, 2.75) is 38.2 Å². The zero-order chi connectivity index (χ0) is 11.8. The second-order valence-corrected chi connectivity index (χ2v) is 3.88. The summed E-state index contributed by atoms with van der Waals surface area (Å²) in [7, 11) is 0. The molecule has 0 saturated heterocycles. The molecule has 88 valence electrons. The van der Waals surface area contributed by atoms with Gasteiger partial charge in [-0.3, -0.25) is 4.98 Å². The average molecular weight is 223 g/mol. The number of hydrogen-bond donors (Lipinski definition) is 1. The van der Waals surface area contributed by atoms with E-state index in [2.05, 4.69) is 11.6 Å². The fourth-order valence-electron chi connectivity index (χ4n) is 1.58. The molecule has 1 N–H and O–H groups in total. The zero-order valence-electron chi connectivity index (χ0n) is 9.40. The van der Waals surface area contributed by atoms with Crippen LogP contribution in [-0.2, 0) is 0 Å². The highest BCUT2D eigenvalue weighted by Crippen LogP contribution is 2.19. The molecule has 1 aromatic heterocycles. The quantitative estimate of drug-likeness (QED) is 0.567. The molecule has 0 aliphatic carbocycles. The van der Waals surface area contributed by atoms with Crippen LogP contribution >= 0.6 is 0 Å². The van der Waals surface area contributed by atoms with Crippen molar-refractivity contribution in [3.05, 3.63) is 42.5 Å². The molecule has 1 aromatic rings. The number of halogens is 1. The van der Waals surface area contributed by atoms with E-state index in [0.717, 1.165) is 31.9 Å². The Morgan fingerprint density at radius 3 is 2.88 bits per heavy atom. The van der Waals surface area contributed by atoms with Gasteiger partial charge in [0.05, 0.1) is 12.3 Å². The maximum Gasteiger partial charge on any atom is 0.141 e. The molecule has 1 heterocycles. The number of aromatic nitrogens is 1. The van der Waals surface area contributed by atoms with Crippen molar-refractivity contribution < 1.29 is 9.50 Å². The lowest BCUT2D eigenvalue weighted by Crippen LogP contribution is -1.98. The van der Waals surface area contributed by atoms with Gasteiger partial charge in [-0.05, 0) is 25.3 Å². The van der Waals surface area contributed by atoms with Gasteiger partial charge in [0.1, 0.15) is 5.82 Å². The van der Waals surface area contributed by atoms with E-state index in [1.54, 1.807) is 0 Å². The zero-order valence-corrected chi connectivity index (χ0v) is 9.40. The van der Waals surface area contributed by atoms with Gasteiger partial charge in [-0.1, -0.05) is 18.9 Å². The Bertz CT molecular complexity index is 327. The first kappa shape index (κ1) is 12.8. The lowest BCUT2D eigenvalue weighted by molar-refractivity contribution is 0.162. The van der Waals surface area contributed by atoms with Crippen molar-refractivity contribution >= 4 is 0 Å². The number of allylic oxidation sites excluding steroid dienone is 1. The molecule has 0 fully saturated rings. The van der Waals surface area contributed by atoms with Crippen molar-refractivity contribution in [3.63, 3.8) is 0 Å². The van der Waals surface area contributed by atoms with Gasteiger partial charge in [0.25, 0.3) is 0 Å². The van der Waals surface area contributed by atoms with Crippen LogP contribution < -0.4 is 0 Å². The molecule has 1 rings (SSSR count). The van der Waals surface area contributed by atoms with Gasteiger partial charge < -0.3 is 5.11 Å². The van der Waals surface area contributed by atoms with Crippen molar-refractivity contribution in [2.75, 3.05) is 0 Å². The van der Waals surface area contributed by atoms with Crippen LogP contribution in [0.1, 0.15) is 43.8 Å². The van der Waals surface area contributed by atoms with Crippen molar-refractivity contribution in [1.29, 1.82) is 0 Å². The normalized spacial score (nSPS) is 12.4. The van der Waals surface area contributed by atoms with Crippen LogP contribution in [0.2, 0.25) is 0 Å². The van der Waals surface area contributed by atoms with E-state index in [0.29, 0.717) is 12.0 Å². The molecule has 2 nitrogen and oxygen atoms in total. The fraction of sp³-hybridized carbons (Fsp3) is 0.462. The van der Waals surface area contributed by atoms with E-state index in [9.17, 15) is 9.50 Å². The molecular formula is C13H18FNO. The standard InChI is InChI=1S/C13H18FNO/c1-2-3-4-5-6-7-13(16)11-8-12(14)10-15-9-11/h2,8-10,13,16H,1,3-7H2. The van der Waals surface area contributed by atoms with Gasteiger partial charge in [0.2, 0.25) is 0 Å². The molecule has 0 aliphatic rings. The largest absolute Gasteiger partial charge is 0.388 e. The SMILES string of the molecule is C=CCCCCCC(O)c1cncc(F)c1. The third-order valence-electron chi connectivity index (χ3n) is 2.50. The van der Waals surface area contributed by atoms with E-state index in [1.165, 1.54) is 12.3 Å². The Morgan fingerprint density at radius 1 is 1.38 bits per heavy atom. The summed E-state index contributed by atoms with van der Waals surface area (Å²) in [4.78, 5) is 3.71. The highest BCUT2D eigenvalue weighted by atomic mass is 19.1. The minimum absolute atomic E-state index is 0.400. The molecule has 0 aliphatic heterocycles. The summed E-state index contributed by atoms with van der Waals surface area (Å²) < 4.78 is 12.8. The van der Waals surface area contributed by atoms with Crippen LogP contribution in [0, 0.1) is 5.82 Å². The van der Waals surface area contributed by atoms with Crippen LogP contribution in [0.15, 0.2) is 31.1 Å². The van der Waals surface area contributed by atoms with E-state index >= 15 is 0 Å². The predicted octanol–water partition coefficient (Wildman–Crippen LogP) is 3.39. The van der Waals surface area contributed by atoms with Crippen molar-refractivity contribution in [1.82, 2.24) is 4.98 Å². The summed E-state index contributed by atoms with van der Waals surface area (Å²) in [5.41, 5.74) is 0.559. The summed E-state index contributed by atoms with van der Waals surface area (Å²) >= 11 is 0. The Labute approximate surface area is 95.8 Å². The number of pyridine rings is 1. The van der Waals surface area contributed by atoms with Crippen LogP contribution in [0.3, 0.4) is 0 Å². The topological polar surface area (TPSA) is 33.1 Å². The smallest absolute Gasteiger partial charge is 0.141 e. The van der Waals surface area contributed by atoms with Gasteiger partial charge in [0, 0.05) is 11.8 Å². The Balaban J connectivity index is 2.29. The highest BCUT2D eigenvalue weighted by molar-refractivity contribution is 5.12. The summed E-state index contributed by atoms with van der Waals surface area (Å²) in [5.74, 6) is -0.400. The van der Waals surface area contributed by atoms with E-state index < -0.39 is 11.9 Å². The lowest BCUT2D eigenvalue weighted by atomic mass is 10.0. The summed E-state index contributed by atoms with van der Waals surface area (Å²) in [5, 5.41) is 9.77. The van der Waals surface area contributed by atoms with E-state index in [-0.39, 0.29) is 0 Å². The monoisotopic (exact) mass is 223 g/mol. The molecule has 3 heteroatoms. The first-order valence-electron chi connectivity index (χ1n) is 5.63. The molecule has 0 bridgehead atoms. The van der Waals surface area contributed by atoms with Crippen LogP contribution in [-0.4, -0.2) is 10.1 Å². The maximum absolute atomic E-state index is 12.8. The number of rotatable bonds is 7. The molecule has 1 unspecified atom stereocenters. The average Bonchev–Trinajstić information content (AvgIpc) is 2.28. The second-order valence-electron chi connectivity index (χ2n) is 3.88. The Hall–Kier alpha value is -1.22. The highest BCUT2D eigenvalue weighted by Gasteiger charge is 2.08. The molecule has 16 heavy (non-hydrogen) atoms. The van der Waals surface area contributed by atoms with Crippen molar-refractivity contribution in [3.8, 4) is 0 Å². The molecule has 0 spiro atoms. The predicted molar refractivity (Wildman–Crippen MR) is 62.4 cm³/mol. The number of hydrogen-bond acceptors (Lipinski definition) is 2. The lowest BCUT2D eigenvalue weighted by Gasteiger charge is -2.09. The Kier molecular flexibility index (Phi) is 5.72. The molecule has 0 saturated carbocycles. The van der Waals surface area contributed by atoms with Gasteiger partial charge in [-0.15, -0.1) is 6.58 Å². The number of aliphatic hydroxyl groups is 1. The molecule has 1 atom stereocenters. The van der Waals surface area contributed by atoms with Crippen LogP contribution in [0.25, 0.3) is 0 Å². The van der Waals surface area contributed by atoms with Crippen LogP contribution in [0.4, 0.5) is 4.39 Å². The number of aliphatic hydroxyl groups excluding tert-OH is 1. The maximum atomic E-state index is 12.8. The molecule has 0 radical (unpaired) electrons. The van der Waals surface area contributed by atoms with Gasteiger partial charge in [0.15, 0.2) is 0 Å². The summed E-state index contributed by atoms with van der Waals surface area (Å²) in [6.07, 6.45) is 8.70. The van der Waals surface area contributed by atoms with E-state index in [4.69, 9.17) is 0 Å². The molecule has 0 amide bonds. The van der Waals surface area contributed by atoms with Gasteiger partial charge >= 0.3 is 0 Å². The third kappa shape index (κ3) is 4.53. The first-order chi connectivity index (χ1) is 7.74. The second kappa shape index (κ2) is 7.12. The summed E-state index contributed by atoms with van der Waals surface area (Å²) in [6.45, 7) is 3.65. The van der Waals surface area contributed by atoms with Gasteiger partial charge in [-0.2, -0.15) is 0 Å². The molecular weight excluding hydrogens is 205 g/mol.